The third kappa shape index (κ3) is 2.76. The van der Waals surface area contributed by atoms with E-state index in [1.807, 2.05) is 0 Å². The maximum Gasteiger partial charge on any atom is 0.367 e. The number of carbonyl (C=O) groups excluding carboxylic acids is 1. The summed E-state index contributed by atoms with van der Waals surface area (Å²) in [4.78, 5) is 13.5. The van der Waals surface area contributed by atoms with Crippen LogP contribution in [0.1, 0.15) is 10.4 Å². The molecule has 1 aromatic rings. The van der Waals surface area contributed by atoms with Crippen LogP contribution in [0.2, 0.25) is 0 Å². The molecule has 6 nitrogen and oxygen atoms in total. The molecule has 16 heavy (non-hydrogen) atoms. The molecule has 0 saturated heterocycles. The lowest BCUT2D eigenvalue weighted by Crippen LogP contribution is -2.34. The fraction of sp³-hybridized carbons (Fsp3) is 0.286. The van der Waals surface area contributed by atoms with Crippen LogP contribution in [0.4, 0.5) is 8.78 Å². The number of aromatic nitrogens is 1. The van der Waals surface area contributed by atoms with E-state index in [0.717, 1.165) is 0 Å². The van der Waals surface area contributed by atoms with E-state index in [2.05, 4.69) is 9.72 Å². The summed E-state index contributed by atoms with van der Waals surface area (Å²) in [5, 5.41) is -4.63. The Morgan fingerprint density at radius 3 is 2.62 bits per heavy atom. The SMILES string of the molecule is O=C(OCC(F)(F)S(=O)(=O)[O-])c1cc[nH]c1. The molecule has 9 heteroatoms. The summed E-state index contributed by atoms with van der Waals surface area (Å²) in [6.45, 7) is -1.80. The molecule has 1 N–H and O–H groups in total. The molecular formula is C7H6F2NO5S-. The van der Waals surface area contributed by atoms with Crippen LogP contribution in [0.25, 0.3) is 0 Å². The Balaban J connectivity index is 2.63. The van der Waals surface area contributed by atoms with E-state index in [4.69, 9.17) is 0 Å². The van der Waals surface area contributed by atoms with E-state index >= 15 is 0 Å². The average Bonchev–Trinajstić information content (AvgIpc) is 2.65. The highest BCUT2D eigenvalue weighted by atomic mass is 32.2. The molecule has 0 aliphatic heterocycles. The van der Waals surface area contributed by atoms with Gasteiger partial charge in [0.1, 0.15) is 0 Å². The number of hydrogen-bond donors (Lipinski definition) is 1. The van der Waals surface area contributed by atoms with Gasteiger partial charge < -0.3 is 14.3 Å². The van der Waals surface area contributed by atoms with Gasteiger partial charge in [-0.05, 0) is 6.07 Å². The molecular weight excluding hydrogens is 248 g/mol. The van der Waals surface area contributed by atoms with Gasteiger partial charge in [-0.3, -0.25) is 0 Å². The molecule has 0 atom stereocenters. The van der Waals surface area contributed by atoms with Crippen molar-refractivity contribution < 1.29 is 31.3 Å². The summed E-state index contributed by atoms with van der Waals surface area (Å²) in [5.74, 6) is -1.15. The Hall–Kier alpha value is -1.48. The second-order valence-corrected chi connectivity index (χ2v) is 4.27. The van der Waals surface area contributed by atoms with Crippen molar-refractivity contribution in [2.75, 3.05) is 6.61 Å². The van der Waals surface area contributed by atoms with Gasteiger partial charge >= 0.3 is 11.2 Å². The number of rotatable bonds is 4. The lowest BCUT2D eigenvalue weighted by molar-refractivity contribution is -0.00995. The number of halogens is 2. The van der Waals surface area contributed by atoms with Gasteiger partial charge in [-0.2, -0.15) is 8.78 Å². The Labute approximate surface area is 89.0 Å². The molecule has 1 heterocycles. The van der Waals surface area contributed by atoms with Crippen molar-refractivity contribution in [2.45, 2.75) is 5.25 Å². The van der Waals surface area contributed by atoms with Gasteiger partial charge in [-0.1, -0.05) is 0 Å². The first-order valence-corrected chi connectivity index (χ1v) is 5.28. The van der Waals surface area contributed by atoms with Crippen molar-refractivity contribution in [1.29, 1.82) is 0 Å². The summed E-state index contributed by atoms with van der Waals surface area (Å²) in [5.41, 5.74) is -0.0564. The summed E-state index contributed by atoms with van der Waals surface area (Å²) >= 11 is 0. The standard InChI is InChI=1S/C7H7F2NO5S/c8-7(9,16(12,13)14)4-15-6(11)5-1-2-10-3-5/h1-3,10H,4H2,(H,12,13,14)/p-1. The average molecular weight is 254 g/mol. The molecule has 0 radical (unpaired) electrons. The summed E-state index contributed by atoms with van der Waals surface area (Å²) in [6, 6.07) is 1.24. The monoisotopic (exact) mass is 254 g/mol. The van der Waals surface area contributed by atoms with Crippen molar-refractivity contribution in [3.8, 4) is 0 Å². The molecule has 0 bridgehead atoms. The number of H-pyrrole nitrogens is 1. The molecule has 0 spiro atoms. The highest BCUT2D eigenvalue weighted by Gasteiger charge is 2.39. The molecule has 0 saturated carbocycles. The van der Waals surface area contributed by atoms with Crippen molar-refractivity contribution in [2.24, 2.45) is 0 Å². The largest absolute Gasteiger partial charge is 0.743 e. The predicted octanol–water partition coefficient (Wildman–Crippen LogP) is 0.310. The third-order valence-electron chi connectivity index (χ3n) is 1.57. The first kappa shape index (κ1) is 12.6. The number of alkyl halides is 2. The Morgan fingerprint density at radius 1 is 1.56 bits per heavy atom. The number of aromatic amines is 1. The van der Waals surface area contributed by atoms with Crippen LogP contribution >= 0.6 is 0 Å². The van der Waals surface area contributed by atoms with Crippen LogP contribution in [0, 0.1) is 0 Å². The lowest BCUT2D eigenvalue weighted by atomic mass is 10.3. The van der Waals surface area contributed by atoms with Crippen molar-refractivity contribution in [3.05, 3.63) is 24.0 Å². The molecule has 0 aliphatic rings. The highest BCUT2D eigenvalue weighted by molar-refractivity contribution is 7.86. The van der Waals surface area contributed by atoms with Crippen LogP contribution in [0.15, 0.2) is 18.5 Å². The van der Waals surface area contributed by atoms with E-state index in [1.54, 1.807) is 0 Å². The van der Waals surface area contributed by atoms with Crippen molar-refractivity contribution in [3.63, 3.8) is 0 Å². The van der Waals surface area contributed by atoms with E-state index in [1.165, 1.54) is 18.5 Å². The lowest BCUT2D eigenvalue weighted by Gasteiger charge is -2.19. The summed E-state index contributed by atoms with van der Waals surface area (Å²) in [6.07, 6.45) is 2.52. The van der Waals surface area contributed by atoms with E-state index in [-0.39, 0.29) is 5.56 Å². The first-order valence-electron chi connectivity index (χ1n) is 3.87. The predicted molar refractivity (Wildman–Crippen MR) is 45.7 cm³/mol. The fourth-order valence-corrected chi connectivity index (χ4v) is 0.959. The molecule has 0 fully saturated rings. The molecule has 0 unspecified atom stereocenters. The molecule has 0 aliphatic carbocycles. The van der Waals surface area contributed by atoms with Crippen molar-refractivity contribution in [1.82, 2.24) is 4.98 Å². The number of nitrogens with one attached hydrogen (secondary N) is 1. The smallest absolute Gasteiger partial charge is 0.367 e. The van der Waals surface area contributed by atoms with E-state index in [0.29, 0.717) is 0 Å². The Morgan fingerprint density at radius 2 is 2.19 bits per heavy atom. The quantitative estimate of drug-likeness (QED) is 0.615. The minimum atomic E-state index is -5.84. The Bertz CT molecular complexity index is 467. The van der Waals surface area contributed by atoms with Gasteiger partial charge in [-0.25, -0.2) is 13.2 Å². The van der Waals surface area contributed by atoms with Gasteiger partial charge in [-0.15, -0.1) is 0 Å². The minimum absolute atomic E-state index is 0.0564. The zero-order valence-electron chi connectivity index (χ0n) is 7.64. The molecule has 1 rings (SSSR count). The maximum atomic E-state index is 12.5. The van der Waals surface area contributed by atoms with Gasteiger partial charge in [0.25, 0.3) is 0 Å². The maximum absolute atomic E-state index is 12.5. The van der Waals surface area contributed by atoms with Crippen molar-refractivity contribution >= 4 is 16.1 Å². The Kier molecular flexibility index (Phi) is 3.29. The number of esters is 1. The molecule has 0 aromatic carbocycles. The summed E-state index contributed by atoms with van der Waals surface area (Å²) in [7, 11) is -5.84. The number of carbonyl (C=O) groups is 1. The molecule has 1 aromatic heterocycles. The van der Waals surface area contributed by atoms with Crippen LogP contribution in [-0.4, -0.2) is 35.8 Å². The van der Waals surface area contributed by atoms with Gasteiger partial charge in [0.2, 0.25) is 0 Å². The minimum Gasteiger partial charge on any atom is -0.743 e. The first-order chi connectivity index (χ1) is 7.24. The van der Waals surface area contributed by atoms with E-state index in [9.17, 15) is 26.5 Å². The second kappa shape index (κ2) is 4.18. The molecule has 0 amide bonds. The fourth-order valence-electron chi connectivity index (χ4n) is 0.756. The van der Waals surface area contributed by atoms with Crippen LogP contribution in [0.5, 0.6) is 0 Å². The third-order valence-corrected chi connectivity index (χ3v) is 2.42. The number of hydrogen-bond acceptors (Lipinski definition) is 5. The van der Waals surface area contributed by atoms with E-state index < -0.39 is 27.9 Å². The second-order valence-electron chi connectivity index (χ2n) is 2.77. The normalized spacial score (nSPS) is 12.4. The van der Waals surface area contributed by atoms with Crippen LogP contribution in [-0.2, 0) is 14.9 Å². The number of ether oxygens (including phenoxy) is 1. The zero-order valence-corrected chi connectivity index (χ0v) is 8.46. The van der Waals surface area contributed by atoms with Gasteiger partial charge in [0.15, 0.2) is 16.7 Å². The van der Waals surface area contributed by atoms with Crippen LogP contribution < -0.4 is 0 Å². The topological polar surface area (TPSA) is 99.3 Å². The van der Waals surface area contributed by atoms with Gasteiger partial charge in [0.05, 0.1) is 5.56 Å². The summed E-state index contributed by atoms with van der Waals surface area (Å²) < 4.78 is 59.2. The zero-order chi connectivity index (χ0) is 12.4. The van der Waals surface area contributed by atoms with Gasteiger partial charge in [0, 0.05) is 12.4 Å². The van der Waals surface area contributed by atoms with Crippen LogP contribution in [0.3, 0.4) is 0 Å². The highest BCUT2D eigenvalue weighted by Crippen LogP contribution is 2.20. The molecule has 90 valence electrons.